The van der Waals surface area contributed by atoms with E-state index in [-0.39, 0.29) is 12.2 Å². The minimum absolute atomic E-state index is 0.198. The van der Waals surface area contributed by atoms with Crippen molar-refractivity contribution in [3.8, 4) is 0 Å². The van der Waals surface area contributed by atoms with Gasteiger partial charge in [-0.15, -0.1) is 0 Å². The van der Waals surface area contributed by atoms with E-state index in [1.165, 1.54) is 22.3 Å². The third kappa shape index (κ3) is 3.78. The molecule has 4 rings (SSSR count). The molecule has 0 bridgehead atoms. The van der Waals surface area contributed by atoms with E-state index in [4.69, 9.17) is 9.73 Å². The maximum atomic E-state index is 5.84. The van der Waals surface area contributed by atoms with Crippen LogP contribution in [-0.2, 0) is 11.3 Å². The number of allylic oxidation sites excluding steroid dienone is 1. The third-order valence-corrected chi connectivity index (χ3v) is 4.89. The molecule has 2 atom stereocenters. The molecule has 2 aliphatic heterocycles. The minimum Gasteiger partial charge on any atom is -0.372 e. The van der Waals surface area contributed by atoms with E-state index in [0.29, 0.717) is 6.54 Å². The van der Waals surface area contributed by atoms with Crippen LogP contribution in [0.2, 0.25) is 0 Å². The predicted molar refractivity (Wildman–Crippen MR) is 109 cm³/mol. The van der Waals surface area contributed by atoms with Crippen LogP contribution >= 0.6 is 0 Å². The first kappa shape index (κ1) is 17.9. The lowest BCUT2D eigenvalue weighted by atomic mass is 9.99. The summed E-state index contributed by atoms with van der Waals surface area (Å²) in [6.45, 7) is 10.8. The van der Waals surface area contributed by atoms with Crippen LogP contribution in [0.3, 0.4) is 0 Å². The molecule has 0 N–H and O–H groups in total. The fourth-order valence-electron chi connectivity index (χ4n) is 3.86. The van der Waals surface area contributed by atoms with Crippen molar-refractivity contribution in [1.29, 1.82) is 0 Å². The summed E-state index contributed by atoms with van der Waals surface area (Å²) in [7, 11) is 0. The zero-order valence-corrected chi connectivity index (χ0v) is 16.4. The van der Waals surface area contributed by atoms with E-state index in [1.807, 2.05) is 0 Å². The molecule has 1 aromatic heterocycles. The van der Waals surface area contributed by atoms with Crippen molar-refractivity contribution < 1.29 is 4.74 Å². The van der Waals surface area contributed by atoms with Crippen LogP contribution in [0.1, 0.15) is 50.1 Å². The van der Waals surface area contributed by atoms with E-state index in [2.05, 4.69) is 72.9 Å². The van der Waals surface area contributed by atoms with Gasteiger partial charge in [-0.3, -0.25) is 4.99 Å². The van der Waals surface area contributed by atoms with Gasteiger partial charge in [0.2, 0.25) is 0 Å². The molecule has 0 radical (unpaired) electrons. The normalized spacial score (nSPS) is 21.6. The van der Waals surface area contributed by atoms with Gasteiger partial charge in [0.15, 0.2) is 0 Å². The summed E-state index contributed by atoms with van der Waals surface area (Å²) in [5.74, 6) is 0.943. The average Bonchev–Trinajstić information content (AvgIpc) is 3.04. The Morgan fingerprint density at radius 1 is 1.11 bits per heavy atom. The number of aromatic nitrogens is 2. The Morgan fingerprint density at radius 3 is 2.63 bits per heavy atom. The molecule has 0 unspecified atom stereocenters. The fourth-order valence-corrected chi connectivity index (χ4v) is 3.86. The van der Waals surface area contributed by atoms with Crippen molar-refractivity contribution >= 4 is 17.6 Å². The van der Waals surface area contributed by atoms with E-state index in [1.54, 1.807) is 6.33 Å². The quantitative estimate of drug-likeness (QED) is 0.832. The topological polar surface area (TPSA) is 50.6 Å². The zero-order valence-electron chi connectivity index (χ0n) is 16.4. The first-order valence-electron chi connectivity index (χ1n) is 9.55. The standard InChI is InChI=1S/C22H26N4O/c1-14(2)7-17-5-6-18-10-23-22(19(18)8-17)20-9-21(25-13-24-20)26-11-15(3)27-16(4)12-26/h5-9,13,15-16H,10-12H2,1-4H3/t15-,16+. The number of hydrogen-bond acceptors (Lipinski definition) is 5. The SMILES string of the molecule is CC(C)=Cc1ccc2c(c1)C(c1cc(N3C[C@@H](C)O[C@@H](C)C3)ncn1)=NC2. The van der Waals surface area contributed by atoms with Gasteiger partial charge in [-0.25, -0.2) is 9.97 Å². The summed E-state index contributed by atoms with van der Waals surface area (Å²) in [5.41, 5.74) is 6.77. The maximum absolute atomic E-state index is 5.84. The smallest absolute Gasteiger partial charge is 0.132 e. The number of ether oxygens (including phenoxy) is 1. The maximum Gasteiger partial charge on any atom is 0.132 e. The lowest BCUT2D eigenvalue weighted by Crippen LogP contribution is -2.45. The highest BCUT2D eigenvalue weighted by atomic mass is 16.5. The lowest BCUT2D eigenvalue weighted by Gasteiger charge is -2.36. The first-order valence-corrected chi connectivity index (χ1v) is 9.55. The van der Waals surface area contributed by atoms with Crippen LogP contribution in [0.15, 0.2) is 41.2 Å². The Kier molecular flexibility index (Phi) is 4.79. The van der Waals surface area contributed by atoms with E-state index in [9.17, 15) is 0 Å². The van der Waals surface area contributed by atoms with Gasteiger partial charge in [0.25, 0.3) is 0 Å². The Balaban J connectivity index is 1.66. The number of rotatable bonds is 3. The van der Waals surface area contributed by atoms with Gasteiger partial charge < -0.3 is 9.64 Å². The third-order valence-electron chi connectivity index (χ3n) is 4.89. The number of benzene rings is 1. The Morgan fingerprint density at radius 2 is 1.89 bits per heavy atom. The molecule has 0 amide bonds. The molecule has 1 aromatic carbocycles. The zero-order chi connectivity index (χ0) is 19.0. The van der Waals surface area contributed by atoms with Crippen molar-refractivity contribution in [2.75, 3.05) is 18.0 Å². The molecule has 5 heteroatoms. The van der Waals surface area contributed by atoms with Gasteiger partial charge >= 0.3 is 0 Å². The molecule has 2 aliphatic rings. The van der Waals surface area contributed by atoms with Gasteiger partial charge in [0.05, 0.1) is 30.2 Å². The van der Waals surface area contributed by atoms with E-state index < -0.39 is 0 Å². The molecule has 140 valence electrons. The average molecular weight is 362 g/mol. The van der Waals surface area contributed by atoms with E-state index in [0.717, 1.165) is 30.3 Å². The predicted octanol–water partition coefficient (Wildman–Crippen LogP) is 3.86. The summed E-state index contributed by atoms with van der Waals surface area (Å²) < 4.78 is 5.84. The molecular formula is C22H26N4O. The van der Waals surface area contributed by atoms with Crippen molar-refractivity contribution in [1.82, 2.24) is 9.97 Å². The molecule has 0 saturated carbocycles. The number of nitrogens with zero attached hydrogens (tertiary/aromatic N) is 4. The molecule has 1 fully saturated rings. The van der Waals surface area contributed by atoms with Gasteiger partial charge in [-0.2, -0.15) is 0 Å². The summed E-state index contributed by atoms with van der Waals surface area (Å²) in [5, 5.41) is 0. The Hall–Kier alpha value is -2.53. The second kappa shape index (κ2) is 7.24. The van der Waals surface area contributed by atoms with Crippen molar-refractivity contribution in [2.24, 2.45) is 4.99 Å². The molecule has 1 saturated heterocycles. The summed E-state index contributed by atoms with van der Waals surface area (Å²) in [4.78, 5) is 16.1. The van der Waals surface area contributed by atoms with Crippen molar-refractivity contribution in [2.45, 2.75) is 46.4 Å². The van der Waals surface area contributed by atoms with Crippen LogP contribution in [0, 0.1) is 0 Å². The largest absolute Gasteiger partial charge is 0.372 e. The number of fused-ring (bicyclic) bond motifs is 1. The molecule has 0 spiro atoms. The highest BCUT2D eigenvalue weighted by molar-refractivity contribution is 6.14. The van der Waals surface area contributed by atoms with Gasteiger partial charge in [-0.05, 0) is 44.9 Å². The van der Waals surface area contributed by atoms with Crippen molar-refractivity contribution in [3.63, 3.8) is 0 Å². The summed E-state index contributed by atoms with van der Waals surface area (Å²) >= 11 is 0. The molecule has 27 heavy (non-hydrogen) atoms. The molecule has 5 nitrogen and oxygen atoms in total. The number of morpholine rings is 1. The number of aliphatic imine (C=N–C) groups is 1. The molecular weight excluding hydrogens is 336 g/mol. The Labute approximate surface area is 160 Å². The van der Waals surface area contributed by atoms with Crippen LogP contribution in [0.5, 0.6) is 0 Å². The second-order valence-electron chi connectivity index (χ2n) is 7.73. The monoisotopic (exact) mass is 362 g/mol. The molecule has 3 heterocycles. The van der Waals surface area contributed by atoms with Crippen molar-refractivity contribution in [3.05, 3.63) is 58.6 Å². The van der Waals surface area contributed by atoms with Crippen LogP contribution in [-0.4, -0.2) is 41.0 Å². The second-order valence-corrected chi connectivity index (χ2v) is 7.73. The minimum atomic E-state index is 0.198. The van der Waals surface area contributed by atoms with Crippen LogP contribution in [0.4, 0.5) is 5.82 Å². The fraction of sp³-hybridized carbons (Fsp3) is 0.409. The lowest BCUT2D eigenvalue weighted by molar-refractivity contribution is -0.00546. The highest BCUT2D eigenvalue weighted by Gasteiger charge is 2.25. The van der Waals surface area contributed by atoms with Crippen LogP contribution in [0.25, 0.3) is 6.08 Å². The van der Waals surface area contributed by atoms with Gasteiger partial charge in [0.1, 0.15) is 12.1 Å². The van der Waals surface area contributed by atoms with E-state index >= 15 is 0 Å². The van der Waals surface area contributed by atoms with Gasteiger partial charge in [-0.1, -0.05) is 23.8 Å². The highest BCUT2D eigenvalue weighted by Crippen LogP contribution is 2.26. The van der Waals surface area contributed by atoms with Crippen LogP contribution < -0.4 is 4.90 Å². The Bertz CT molecular complexity index is 904. The summed E-state index contributed by atoms with van der Waals surface area (Å²) in [6.07, 6.45) is 4.24. The molecule has 2 aromatic rings. The summed E-state index contributed by atoms with van der Waals surface area (Å²) in [6, 6.07) is 8.61. The molecule has 0 aliphatic carbocycles. The van der Waals surface area contributed by atoms with Gasteiger partial charge in [0, 0.05) is 24.7 Å². The number of anilines is 1. The number of hydrogen-bond donors (Lipinski definition) is 0. The first-order chi connectivity index (χ1) is 13.0.